The smallest absolute Gasteiger partial charge is 0.0615 e. The van der Waals surface area contributed by atoms with Crippen LogP contribution in [0.5, 0.6) is 0 Å². The van der Waals surface area contributed by atoms with E-state index in [1.165, 1.54) is 18.5 Å². The summed E-state index contributed by atoms with van der Waals surface area (Å²) in [6, 6.07) is 11.9. The molecule has 0 saturated carbocycles. The van der Waals surface area contributed by atoms with Crippen LogP contribution in [0.2, 0.25) is 0 Å². The van der Waals surface area contributed by atoms with E-state index in [1.54, 1.807) is 7.11 Å². The molecular weight excluding hydrogens is 236 g/mol. The minimum Gasteiger partial charge on any atom is -0.383 e. The Morgan fingerprint density at radius 3 is 2.53 bits per heavy atom. The number of para-hydroxylation sites is 1. The SMILES string of the molecule is CCC(COC)NC1CCN(c2ccccc2)CC1. The van der Waals surface area contributed by atoms with Crippen LogP contribution in [0.1, 0.15) is 26.2 Å². The fourth-order valence-corrected chi connectivity index (χ4v) is 2.76. The van der Waals surface area contributed by atoms with Gasteiger partial charge in [-0.25, -0.2) is 0 Å². The molecule has 0 amide bonds. The van der Waals surface area contributed by atoms with Gasteiger partial charge < -0.3 is 15.0 Å². The Morgan fingerprint density at radius 2 is 1.95 bits per heavy atom. The molecule has 1 saturated heterocycles. The summed E-state index contributed by atoms with van der Waals surface area (Å²) in [6.45, 7) is 5.32. The number of nitrogens with one attached hydrogen (secondary N) is 1. The molecule has 1 aliphatic heterocycles. The highest BCUT2D eigenvalue weighted by Crippen LogP contribution is 2.19. The molecule has 106 valence electrons. The third kappa shape index (κ3) is 4.22. The zero-order valence-corrected chi connectivity index (χ0v) is 12.1. The van der Waals surface area contributed by atoms with Crippen LogP contribution in [0.25, 0.3) is 0 Å². The second kappa shape index (κ2) is 7.51. The maximum atomic E-state index is 5.25. The van der Waals surface area contributed by atoms with Crippen LogP contribution in [-0.4, -0.2) is 38.9 Å². The molecule has 1 aromatic rings. The lowest BCUT2D eigenvalue weighted by atomic mass is 10.0. The topological polar surface area (TPSA) is 24.5 Å². The molecule has 0 spiro atoms. The summed E-state index contributed by atoms with van der Waals surface area (Å²) in [6.07, 6.45) is 3.57. The number of methoxy groups -OCH3 is 1. The molecule has 0 aromatic heterocycles. The van der Waals surface area contributed by atoms with Crippen molar-refractivity contribution in [2.45, 2.75) is 38.3 Å². The van der Waals surface area contributed by atoms with Crippen molar-refractivity contribution in [3.63, 3.8) is 0 Å². The Kier molecular flexibility index (Phi) is 5.67. The zero-order valence-electron chi connectivity index (χ0n) is 12.1. The van der Waals surface area contributed by atoms with Crippen LogP contribution in [0.15, 0.2) is 30.3 Å². The van der Waals surface area contributed by atoms with E-state index >= 15 is 0 Å². The van der Waals surface area contributed by atoms with Gasteiger partial charge in [-0.05, 0) is 31.4 Å². The third-order valence-electron chi connectivity index (χ3n) is 3.95. The molecule has 1 heterocycles. The molecule has 1 aliphatic rings. The largest absolute Gasteiger partial charge is 0.383 e. The van der Waals surface area contributed by atoms with Gasteiger partial charge in [0.2, 0.25) is 0 Å². The van der Waals surface area contributed by atoms with Gasteiger partial charge >= 0.3 is 0 Å². The standard InChI is InChI=1S/C16H26N2O/c1-3-14(13-19-2)17-15-9-11-18(12-10-15)16-7-5-4-6-8-16/h4-8,14-15,17H,3,9-13H2,1-2H3. The van der Waals surface area contributed by atoms with Crippen molar-refractivity contribution < 1.29 is 4.74 Å². The zero-order chi connectivity index (χ0) is 13.5. The van der Waals surface area contributed by atoms with Gasteiger partial charge in [0.15, 0.2) is 0 Å². The fourth-order valence-electron chi connectivity index (χ4n) is 2.76. The molecule has 1 fully saturated rings. The molecule has 3 heteroatoms. The second-order valence-electron chi connectivity index (χ2n) is 5.32. The van der Waals surface area contributed by atoms with Crippen LogP contribution < -0.4 is 10.2 Å². The van der Waals surface area contributed by atoms with Crippen LogP contribution in [0.3, 0.4) is 0 Å². The lowest BCUT2D eigenvalue weighted by Crippen LogP contribution is -2.47. The van der Waals surface area contributed by atoms with Gasteiger partial charge in [-0.1, -0.05) is 25.1 Å². The molecule has 1 unspecified atom stereocenters. The number of hydrogen-bond acceptors (Lipinski definition) is 3. The van der Waals surface area contributed by atoms with E-state index in [9.17, 15) is 0 Å². The molecule has 1 N–H and O–H groups in total. The Bertz CT molecular complexity index is 347. The van der Waals surface area contributed by atoms with E-state index in [0.717, 1.165) is 26.1 Å². The average Bonchev–Trinajstić information content (AvgIpc) is 2.48. The lowest BCUT2D eigenvalue weighted by Gasteiger charge is -2.35. The Balaban J connectivity index is 1.79. The molecule has 1 atom stereocenters. The molecule has 0 bridgehead atoms. The molecular formula is C16H26N2O. The molecule has 19 heavy (non-hydrogen) atoms. The monoisotopic (exact) mass is 262 g/mol. The lowest BCUT2D eigenvalue weighted by molar-refractivity contribution is 0.155. The molecule has 0 radical (unpaired) electrons. The number of piperidine rings is 1. The van der Waals surface area contributed by atoms with Crippen molar-refractivity contribution in [1.29, 1.82) is 0 Å². The van der Waals surface area contributed by atoms with Gasteiger partial charge in [0.25, 0.3) is 0 Å². The molecule has 2 rings (SSSR count). The van der Waals surface area contributed by atoms with Gasteiger partial charge in [0.05, 0.1) is 6.61 Å². The first-order valence-corrected chi connectivity index (χ1v) is 7.38. The minimum atomic E-state index is 0.498. The Labute approximate surface area is 116 Å². The first kappa shape index (κ1) is 14.4. The number of hydrogen-bond donors (Lipinski definition) is 1. The first-order valence-electron chi connectivity index (χ1n) is 7.38. The number of ether oxygens (including phenoxy) is 1. The van der Waals surface area contributed by atoms with Gasteiger partial charge in [-0.2, -0.15) is 0 Å². The summed E-state index contributed by atoms with van der Waals surface area (Å²) in [5.41, 5.74) is 1.35. The quantitative estimate of drug-likeness (QED) is 0.853. The average molecular weight is 262 g/mol. The van der Waals surface area contributed by atoms with E-state index < -0.39 is 0 Å². The maximum absolute atomic E-state index is 5.25. The summed E-state index contributed by atoms with van der Waals surface area (Å²) < 4.78 is 5.25. The highest BCUT2D eigenvalue weighted by Gasteiger charge is 2.21. The Morgan fingerprint density at radius 1 is 1.26 bits per heavy atom. The second-order valence-corrected chi connectivity index (χ2v) is 5.32. The van der Waals surface area contributed by atoms with E-state index in [0.29, 0.717) is 12.1 Å². The van der Waals surface area contributed by atoms with Crippen molar-refractivity contribution in [1.82, 2.24) is 5.32 Å². The summed E-state index contributed by atoms with van der Waals surface area (Å²) in [4.78, 5) is 2.48. The highest BCUT2D eigenvalue weighted by molar-refractivity contribution is 5.46. The van der Waals surface area contributed by atoms with Crippen molar-refractivity contribution >= 4 is 5.69 Å². The van der Waals surface area contributed by atoms with Crippen LogP contribution >= 0.6 is 0 Å². The van der Waals surface area contributed by atoms with Gasteiger partial charge in [0, 0.05) is 38.0 Å². The fraction of sp³-hybridized carbons (Fsp3) is 0.625. The van der Waals surface area contributed by atoms with Gasteiger partial charge in [-0.3, -0.25) is 0 Å². The molecule has 3 nitrogen and oxygen atoms in total. The van der Waals surface area contributed by atoms with Gasteiger partial charge in [-0.15, -0.1) is 0 Å². The van der Waals surface area contributed by atoms with Crippen LogP contribution in [-0.2, 0) is 4.74 Å². The van der Waals surface area contributed by atoms with Crippen LogP contribution in [0.4, 0.5) is 5.69 Å². The number of nitrogens with zero attached hydrogens (tertiary/aromatic N) is 1. The van der Waals surface area contributed by atoms with Crippen molar-refractivity contribution in [2.75, 3.05) is 31.7 Å². The first-order chi connectivity index (χ1) is 9.33. The van der Waals surface area contributed by atoms with E-state index in [-0.39, 0.29) is 0 Å². The van der Waals surface area contributed by atoms with Gasteiger partial charge in [0.1, 0.15) is 0 Å². The van der Waals surface area contributed by atoms with Crippen molar-refractivity contribution in [2.24, 2.45) is 0 Å². The number of rotatable bonds is 6. The summed E-state index contributed by atoms with van der Waals surface area (Å²) in [7, 11) is 1.78. The highest BCUT2D eigenvalue weighted by atomic mass is 16.5. The predicted octanol–water partition coefficient (Wildman–Crippen LogP) is 2.67. The summed E-state index contributed by atoms with van der Waals surface area (Å²) in [5.74, 6) is 0. The Hall–Kier alpha value is -1.06. The predicted molar refractivity (Wildman–Crippen MR) is 80.8 cm³/mol. The molecule has 1 aromatic carbocycles. The summed E-state index contributed by atoms with van der Waals surface area (Å²) >= 11 is 0. The normalized spacial score (nSPS) is 18.5. The van der Waals surface area contributed by atoms with Crippen molar-refractivity contribution in [3.8, 4) is 0 Å². The van der Waals surface area contributed by atoms with E-state index in [4.69, 9.17) is 4.74 Å². The maximum Gasteiger partial charge on any atom is 0.0615 e. The molecule has 0 aliphatic carbocycles. The summed E-state index contributed by atoms with van der Waals surface area (Å²) in [5, 5.41) is 3.73. The van der Waals surface area contributed by atoms with Crippen molar-refractivity contribution in [3.05, 3.63) is 30.3 Å². The van der Waals surface area contributed by atoms with E-state index in [1.807, 2.05) is 0 Å². The number of benzene rings is 1. The minimum absolute atomic E-state index is 0.498. The van der Waals surface area contributed by atoms with Crippen LogP contribution in [0, 0.1) is 0 Å². The van der Waals surface area contributed by atoms with E-state index in [2.05, 4.69) is 47.5 Å². The number of anilines is 1. The third-order valence-corrected chi connectivity index (χ3v) is 3.95.